The second-order valence-electron chi connectivity index (χ2n) is 8.40. The molecule has 4 rings (SSSR count). The largest absolute Gasteiger partial charge is 0.332 e. The minimum atomic E-state index is -0.340. The lowest BCUT2D eigenvalue weighted by atomic mass is 10.0. The van der Waals surface area contributed by atoms with E-state index in [9.17, 15) is 9.59 Å². The van der Waals surface area contributed by atoms with Gasteiger partial charge >= 0.3 is 5.69 Å². The molecule has 154 valence electrons. The summed E-state index contributed by atoms with van der Waals surface area (Å²) in [6.07, 6.45) is 3.71. The van der Waals surface area contributed by atoms with E-state index < -0.39 is 0 Å². The average molecular weight is 397 g/mol. The summed E-state index contributed by atoms with van der Waals surface area (Å²) in [7, 11) is 3.22. The fraction of sp³-hybridized carbons (Fsp3) is 0.500. The van der Waals surface area contributed by atoms with Gasteiger partial charge in [0.25, 0.3) is 5.56 Å². The van der Waals surface area contributed by atoms with Crippen LogP contribution in [0.4, 0.5) is 0 Å². The summed E-state index contributed by atoms with van der Waals surface area (Å²) in [5, 5.41) is 0. The van der Waals surface area contributed by atoms with E-state index in [-0.39, 0.29) is 11.2 Å². The Labute approximate surface area is 170 Å². The topological polar surface area (TPSA) is 66.3 Å². The molecule has 0 amide bonds. The standard InChI is InChI=1S/C22H29N5O2/c1-15-9-5-6-11-17(15)13-27-18(14-26-12-8-7-10-16(26)2)23-20-19(27)21(28)25(4)22(29)24(20)3/h5-6,9,11,16H,7-8,10,12-14H2,1-4H3/p+1/t16-/m1/s1. The van der Waals surface area contributed by atoms with Crippen LogP contribution in [0.25, 0.3) is 11.2 Å². The number of benzene rings is 1. The maximum absolute atomic E-state index is 13.0. The lowest BCUT2D eigenvalue weighted by Gasteiger charge is -2.30. The third kappa shape index (κ3) is 3.44. The van der Waals surface area contributed by atoms with E-state index in [4.69, 9.17) is 4.98 Å². The second-order valence-corrected chi connectivity index (χ2v) is 8.40. The number of aromatic nitrogens is 4. The molecule has 0 aliphatic carbocycles. The average Bonchev–Trinajstić information content (AvgIpc) is 3.06. The number of nitrogens with one attached hydrogen (secondary N) is 1. The molecule has 1 aromatic carbocycles. The van der Waals surface area contributed by atoms with Crippen molar-refractivity contribution < 1.29 is 4.90 Å². The number of imidazole rings is 1. The molecule has 2 aromatic heterocycles. The van der Waals surface area contributed by atoms with Crippen LogP contribution in [-0.2, 0) is 27.2 Å². The molecule has 1 unspecified atom stereocenters. The van der Waals surface area contributed by atoms with Gasteiger partial charge in [-0.1, -0.05) is 24.3 Å². The van der Waals surface area contributed by atoms with Crippen molar-refractivity contribution in [2.24, 2.45) is 14.1 Å². The molecular formula is C22H30N5O2+. The third-order valence-electron chi connectivity index (χ3n) is 6.48. The molecule has 0 saturated carbocycles. The van der Waals surface area contributed by atoms with Crippen molar-refractivity contribution in [3.05, 3.63) is 62.1 Å². The van der Waals surface area contributed by atoms with Gasteiger partial charge in [-0.25, -0.2) is 9.78 Å². The summed E-state index contributed by atoms with van der Waals surface area (Å²) >= 11 is 0. The number of fused-ring (bicyclic) bond motifs is 1. The number of piperidine rings is 1. The SMILES string of the molecule is Cc1ccccc1Cn1c(C[NH+]2CCCC[C@H]2C)nc2c1c(=O)n(C)c(=O)n2C. The van der Waals surface area contributed by atoms with Crippen LogP contribution in [0.1, 0.15) is 43.1 Å². The number of quaternary nitrogens is 1. The highest BCUT2D eigenvalue weighted by atomic mass is 16.2. The predicted molar refractivity (Wildman–Crippen MR) is 113 cm³/mol. The van der Waals surface area contributed by atoms with Gasteiger partial charge in [0.1, 0.15) is 6.54 Å². The van der Waals surface area contributed by atoms with E-state index in [0.29, 0.717) is 23.8 Å². The summed E-state index contributed by atoms with van der Waals surface area (Å²) < 4.78 is 4.70. The fourth-order valence-corrected chi connectivity index (χ4v) is 4.47. The Morgan fingerprint density at radius 3 is 2.62 bits per heavy atom. The second kappa shape index (κ2) is 7.63. The molecule has 1 N–H and O–H groups in total. The first kappa shape index (κ1) is 19.6. The predicted octanol–water partition coefficient (Wildman–Crippen LogP) is 0.748. The van der Waals surface area contributed by atoms with Crippen LogP contribution < -0.4 is 16.1 Å². The molecule has 0 radical (unpaired) electrons. The number of rotatable bonds is 4. The van der Waals surface area contributed by atoms with Crippen LogP contribution in [0, 0.1) is 6.92 Å². The third-order valence-corrected chi connectivity index (χ3v) is 6.48. The molecule has 1 saturated heterocycles. The maximum Gasteiger partial charge on any atom is 0.332 e. The normalized spacial score (nSPS) is 19.7. The van der Waals surface area contributed by atoms with Gasteiger partial charge < -0.3 is 9.47 Å². The van der Waals surface area contributed by atoms with Gasteiger partial charge in [0.2, 0.25) is 0 Å². The van der Waals surface area contributed by atoms with E-state index in [1.165, 1.54) is 45.9 Å². The smallest absolute Gasteiger partial charge is 0.326 e. The Bertz CT molecular complexity index is 1170. The monoisotopic (exact) mass is 396 g/mol. The Morgan fingerprint density at radius 1 is 1.14 bits per heavy atom. The first-order valence-corrected chi connectivity index (χ1v) is 10.4. The van der Waals surface area contributed by atoms with Crippen LogP contribution in [0.5, 0.6) is 0 Å². The zero-order chi connectivity index (χ0) is 20.7. The zero-order valence-electron chi connectivity index (χ0n) is 17.7. The molecule has 7 nitrogen and oxygen atoms in total. The van der Waals surface area contributed by atoms with Gasteiger partial charge in [-0.05, 0) is 44.2 Å². The number of aryl methyl sites for hydroxylation is 2. The molecule has 0 spiro atoms. The van der Waals surface area contributed by atoms with E-state index in [1.807, 2.05) is 16.7 Å². The Hall–Kier alpha value is -2.67. The lowest BCUT2D eigenvalue weighted by molar-refractivity contribution is -0.942. The van der Waals surface area contributed by atoms with Gasteiger partial charge in [0.15, 0.2) is 17.0 Å². The van der Waals surface area contributed by atoms with Gasteiger partial charge in [-0.3, -0.25) is 13.9 Å². The van der Waals surface area contributed by atoms with E-state index in [1.54, 1.807) is 7.05 Å². The Kier molecular flexibility index (Phi) is 5.17. The van der Waals surface area contributed by atoms with E-state index in [2.05, 4.69) is 26.0 Å². The molecular weight excluding hydrogens is 366 g/mol. The van der Waals surface area contributed by atoms with Crippen molar-refractivity contribution in [1.82, 2.24) is 18.7 Å². The quantitative estimate of drug-likeness (QED) is 0.708. The molecule has 3 aromatic rings. The summed E-state index contributed by atoms with van der Waals surface area (Å²) in [5.74, 6) is 0.880. The number of likely N-dealkylation sites (tertiary alicyclic amines) is 1. The Morgan fingerprint density at radius 2 is 1.90 bits per heavy atom. The minimum Gasteiger partial charge on any atom is -0.326 e. The minimum absolute atomic E-state index is 0.280. The molecule has 1 aliphatic rings. The van der Waals surface area contributed by atoms with Gasteiger partial charge in [0.05, 0.1) is 19.1 Å². The van der Waals surface area contributed by atoms with Crippen LogP contribution >= 0.6 is 0 Å². The van der Waals surface area contributed by atoms with Crippen molar-refractivity contribution >= 4 is 11.2 Å². The summed E-state index contributed by atoms with van der Waals surface area (Å²) in [6.45, 7) is 6.83. The molecule has 1 aliphatic heterocycles. The molecule has 2 atom stereocenters. The molecule has 1 fully saturated rings. The van der Waals surface area contributed by atoms with Crippen LogP contribution in [-0.4, -0.2) is 31.3 Å². The van der Waals surface area contributed by atoms with Crippen LogP contribution in [0.15, 0.2) is 33.9 Å². The van der Waals surface area contributed by atoms with Gasteiger partial charge in [-0.2, -0.15) is 0 Å². The summed E-state index contributed by atoms with van der Waals surface area (Å²) in [6, 6.07) is 8.79. The highest BCUT2D eigenvalue weighted by molar-refractivity contribution is 5.71. The number of hydrogen-bond acceptors (Lipinski definition) is 3. The first-order chi connectivity index (χ1) is 13.9. The Balaban J connectivity index is 1.90. The first-order valence-electron chi connectivity index (χ1n) is 10.4. The molecule has 7 heteroatoms. The molecule has 3 heterocycles. The van der Waals surface area contributed by atoms with Gasteiger partial charge in [0, 0.05) is 14.1 Å². The summed E-state index contributed by atoms with van der Waals surface area (Å²) in [4.78, 5) is 31.8. The van der Waals surface area contributed by atoms with E-state index in [0.717, 1.165) is 24.5 Å². The maximum atomic E-state index is 13.0. The summed E-state index contributed by atoms with van der Waals surface area (Å²) in [5.41, 5.74) is 2.71. The highest BCUT2D eigenvalue weighted by Crippen LogP contribution is 2.16. The fourth-order valence-electron chi connectivity index (χ4n) is 4.47. The zero-order valence-corrected chi connectivity index (χ0v) is 17.7. The van der Waals surface area contributed by atoms with Crippen molar-refractivity contribution in [3.8, 4) is 0 Å². The number of hydrogen-bond donors (Lipinski definition) is 1. The lowest BCUT2D eigenvalue weighted by Crippen LogP contribution is -3.15. The number of nitrogens with zero attached hydrogens (tertiary/aromatic N) is 4. The van der Waals surface area contributed by atoms with Crippen LogP contribution in [0.2, 0.25) is 0 Å². The van der Waals surface area contributed by atoms with Crippen molar-refractivity contribution in [2.75, 3.05) is 6.54 Å². The van der Waals surface area contributed by atoms with Crippen LogP contribution in [0.3, 0.4) is 0 Å². The molecule has 29 heavy (non-hydrogen) atoms. The molecule has 0 bridgehead atoms. The van der Waals surface area contributed by atoms with Gasteiger partial charge in [-0.15, -0.1) is 0 Å². The van der Waals surface area contributed by atoms with Crippen molar-refractivity contribution in [2.45, 2.75) is 52.2 Å². The van der Waals surface area contributed by atoms with Crippen molar-refractivity contribution in [1.29, 1.82) is 0 Å². The highest BCUT2D eigenvalue weighted by Gasteiger charge is 2.26. The van der Waals surface area contributed by atoms with E-state index >= 15 is 0 Å². The van der Waals surface area contributed by atoms with Crippen molar-refractivity contribution in [3.63, 3.8) is 0 Å².